The molecule has 0 heterocycles. The summed E-state index contributed by atoms with van der Waals surface area (Å²) in [5, 5.41) is 0. The first kappa shape index (κ1) is 14.1. The van der Waals surface area contributed by atoms with E-state index in [0.29, 0.717) is 0 Å². The van der Waals surface area contributed by atoms with Gasteiger partial charge in [-0.15, -0.1) is 0 Å². The predicted octanol–water partition coefficient (Wildman–Crippen LogP) is 5.79. The second-order valence-electron chi connectivity index (χ2n) is 5.81. The highest BCUT2D eigenvalue weighted by Gasteiger charge is 2.21. The standard InChI is InChI=1S/C19H26/c1-4-16(5-2)17-9-7-10-18(13-12-17)19-11-6-8-15(3)14-19/h4-6,8,11,14,17-18H,1,7,9-10,12-13H2,2-3H3/b16-5+. The molecule has 2 unspecified atom stereocenters. The Bertz CT molecular complexity index is 453. The van der Waals surface area contributed by atoms with Gasteiger partial charge < -0.3 is 0 Å². The molecule has 1 aliphatic rings. The van der Waals surface area contributed by atoms with Gasteiger partial charge in [0, 0.05) is 0 Å². The number of allylic oxidation sites excluding steroid dienone is 3. The topological polar surface area (TPSA) is 0 Å². The first-order valence-electron chi connectivity index (χ1n) is 7.59. The highest BCUT2D eigenvalue weighted by atomic mass is 14.3. The van der Waals surface area contributed by atoms with Crippen LogP contribution in [0.3, 0.4) is 0 Å². The summed E-state index contributed by atoms with van der Waals surface area (Å²) in [4.78, 5) is 0. The average molecular weight is 254 g/mol. The van der Waals surface area contributed by atoms with Crippen molar-refractivity contribution in [3.63, 3.8) is 0 Å². The van der Waals surface area contributed by atoms with Crippen molar-refractivity contribution in [2.75, 3.05) is 0 Å². The lowest BCUT2D eigenvalue weighted by molar-refractivity contribution is 0.532. The second kappa shape index (κ2) is 6.75. The lowest BCUT2D eigenvalue weighted by Gasteiger charge is -2.17. The molecular weight excluding hydrogens is 228 g/mol. The molecule has 0 N–H and O–H groups in total. The van der Waals surface area contributed by atoms with E-state index in [0.717, 1.165) is 11.8 Å². The summed E-state index contributed by atoms with van der Waals surface area (Å²) in [6.07, 6.45) is 10.9. The minimum atomic E-state index is 0.734. The Morgan fingerprint density at radius 1 is 1.21 bits per heavy atom. The van der Waals surface area contributed by atoms with Crippen LogP contribution in [0, 0.1) is 12.8 Å². The number of hydrogen-bond acceptors (Lipinski definition) is 0. The Balaban J connectivity index is 2.06. The van der Waals surface area contributed by atoms with Crippen molar-refractivity contribution in [2.45, 2.75) is 51.9 Å². The van der Waals surface area contributed by atoms with Gasteiger partial charge >= 0.3 is 0 Å². The van der Waals surface area contributed by atoms with E-state index in [1.165, 1.54) is 43.2 Å². The zero-order valence-electron chi connectivity index (χ0n) is 12.4. The van der Waals surface area contributed by atoms with Crippen LogP contribution in [0.15, 0.2) is 48.6 Å². The van der Waals surface area contributed by atoms with E-state index < -0.39 is 0 Å². The molecule has 0 heteroatoms. The summed E-state index contributed by atoms with van der Waals surface area (Å²) < 4.78 is 0. The highest BCUT2D eigenvalue weighted by molar-refractivity contribution is 5.26. The summed E-state index contributed by atoms with van der Waals surface area (Å²) in [6.45, 7) is 8.29. The molecule has 0 aromatic heterocycles. The van der Waals surface area contributed by atoms with Gasteiger partial charge in [0.1, 0.15) is 0 Å². The maximum Gasteiger partial charge on any atom is -0.0162 e. The van der Waals surface area contributed by atoms with Crippen molar-refractivity contribution >= 4 is 0 Å². The Hall–Kier alpha value is -1.30. The van der Waals surface area contributed by atoms with Crippen LogP contribution in [0.5, 0.6) is 0 Å². The molecule has 0 radical (unpaired) electrons. The minimum absolute atomic E-state index is 0.734. The molecule has 1 aromatic carbocycles. The molecule has 19 heavy (non-hydrogen) atoms. The van der Waals surface area contributed by atoms with Crippen LogP contribution in [0.2, 0.25) is 0 Å². The van der Waals surface area contributed by atoms with E-state index in [4.69, 9.17) is 0 Å². The van der Waals surface area contributed by atoms with E-state index in [1.807, 2.05) is 0 Å². The van der Waals surface area contributed by atoms with Crippen LogP contribution in [-0.2, 0) is 0 Å². The molecule has 1 fully saturated rings. The number of hydrogen-bond donors (Lipinski definition) is 0. The SMILES string of the molecule is C=C/C(=C\C)C1CCCC(c2cccc(C)c2)CC1. The normalized spacial score (nSPS) is 24.8. The quantitative estimate of drug-likeness (QED) is 0.473. The van der Waals surface area contributed by atoms with E-state index >= 15 is 0 Å². The lowest BCUT2D eigenvalue weighted by atomic mass is 9.88. The summed E-state index contributed by atoms with van der Waals surface area (Å²) in [6, 6.07) is 9.07. The molecule has 0 saturated heterocycles. The fraction of sp³-hybridized carbons (Fsp3) is 0.474. The molecule has 1 aliphatic carbocycles. The maximum atomic E-state index is 3.96. The summed E-state index contributed by atoms with van der Waals surface area (Å²) in [5.74, 6) is 1.49. The fourth-order valence-corrected chi connectivity index (χ4v) is 3.41. The summed E-state index contributed by atoms with van der Waals surface area (Å²) in [7, 11) is 0. The Morgan fingerprint density at radius 3 is 2.74 bits per heavy atom. The van der Waals surface area contributed by atoms with E-state index in [9.17, 15) is 0 Å². The van der Waals surface area contributed by atoms with Crippen molar-refractivity contribution in [1.82, 2.24) is 0 Å². The third-order valence-electron chi connectivity index (χ3n) is 4.52. The van der Waals surface area contributed by atoms with Gasteiger partial charge in [-0.1, -0.05) is 55.0 Å². The molecular formula is C19H26. The fourth-order valence-electron chi connectivity index (χ4n) is 3.41. The Kier molecular flexibility index (Phi) is 5.01. The van der Waals surface area contributed by atoms with Crippen molar-refractivity contribution in [3.05, 3.63) is 59.7 Å². The van der Waals surface area contributed by atoms with Gasteiger partial charge in [-0.2, -0.15) is 0 Å². The van der Waals surface area contributed by atoms with Crippen molar-refractivity contribution in [1.29, 1.82) is 0 Å². The molecule has 0 spiro atoms. The minimum Gasteiger partial charge on any atom is -0.0988 e. The number of benzene rings is 1. The first-order valence-corrected chi connectivity index (χ1v) is 7.59. The van der Waals surface area contributed by atoms with Gasteiger partial charge in [0.25, 0.3) is 0 Å². The molecule has 1 aromatic rings. The van der Waals surface area contributed by atoms with Crippen LogP contribution in [0.1, 0.15) is 56.1 Å². The van der Waals surface area contributed by atoms with Gasteiger partial charge in [0.2, 0.25) is 0 Å². The monoisotopic (exact) mass is 254 g/mol. The predicted molar refractivity (Wildman–Crippen MR) is 84.4 cm³/mol. The van der Waals surface area contributed by atoms with Crippen molar-refractivity contribution in [3.8, 4) is 0 Å². The number of rotatable bonds is 3. The van der Waals surface area contributed by atoms with Crippen LogP contribution in [0.25, 0.3) is 0 Å². The van der Waals surface area contributed by atoms with E-state index in [-0.39, 0.29) is 0 Å². The van der Waals surface area contributed by atoms with Crippen molar-refractivity contribution in [2.24, 2.45) is 5.92 Å². The largest absolute Gasteiger partial charge is 0.0988 e. The molecule has 0 aliphatic heterocycles. The molecule has 0 amide bonds. The molecule has 2 rings (SSSR count). The molecule has 0 nitrogen and oxygen atoms in total. The van der Waals surface area contributed by atoms with Crippen LogP contribution < -0.4 is 0 Å². The van der Waals surface area contributed by atoms with Gasteiger partial charge in [-0.05, 0) is 62.5 Å². The van der Waals surface area contributed by atoms with Gasteiger partial charge in [0.05, 0.1) is 0 Å². The maximum absolute atomic E-state index is 3.96. The van der Waals surface area contributed by atoms with Crippen LogP contribution in [-0.4, -0.2) is 0 Å². The second-order valence-corrected chi connectivity index (χ2v) is 5.81. The molecule has 102 valence electrons. The Labute approximate surface area is 118 Å². The smallest absolute Gasteiger partial charge is 0.0162 e. The third-order valence-corrected chi connectivity index (χ3v) is 4.52. The summed E-state index contributed by atoms with van der Waals surface area (Å²) in [5.41, 5.74) is 4.38. The van der Waals surface area contributed by atoms with Gasteiger partial charge in [-0.25, -0.2) is 0 Å². The zero-order valence-corrected chi connectivity index (χ0v) is 12.4. The molecule has 1 saturated carbocycles. The third kappa shape index (κ3) is 3.59. The molecule has 2 atom stereocenters. The zero-order chi connectivity index (χ0) is 13.7. The lowest BCUT2D eigenvalue weighted by Crippen LogP contribution is -2.02. The van der Waals surface area contributed by atoms with Gasteiger partial charge in [0.15, 0.2) is 0 Å². The van der Waals surface area contributed by atoms with Gasteiger partial charge in [-0.3, -0.25) is 0 Å². The van der Waals surface area contributed by atoms with Crippen LogP contribution in [0.4, 0.5) is 0 Å². The Morgan fingerprint density at radius 2 is 2.05 bits per heavy atom. The number of aryl methyl sites for hydroxylation is 1. The first-order chi connectivity index (χ1) is 9.24. The summed E-state index contributed by atoms with van der Waals surface area (Å²) >= 11 is 0. The van der Waals surface area contributed by atoms with Crippen LogP contribution >= 0.6 is 0 Å². The van der Waals surface area contributed by atoms with Crippen molar-refractivity contribution < 1.29 is 0 Å². The average Bonchev–Trinajstić information content (AvgIpc) is 2.66. The van der Waals surface area contributed by atoms with E-state index in [2.05, 4.69) is 56.8 Å². The van der Waals surface area contributed by atoms with E-state index in [1.54, 1.807) is 5.56 Å². The molecule has 0 bridgehead atoms. The highest BCUT2D eigenvalue weighted by Crippen LogP contribution is 2.37.